The van der Waals surface area contributed by atoms with Gasteiger partial charge >= 0.3 is 0 Å². The van der Waals surface area contributed by atoms with Crippen molar-refractivity contribution in [2.75, 3.05) is 7.05 Å². The van der Waals surface area contributed by atoms with E-state index in [1.807, 2.05) is 36.3 Å². The lowest BCUT2D eigenvalue weighted by molar-refractivity contribution is -0.121. The Labute approximate surface area is 112 Å². The van der Waals surface area contributed by atoms with Crippen LogP contribution in [0.1, 0.15) is 31.2 Å². The monoisotopic (exact) mass is 264 g/mol. The molecule has 0 unspecified atom stereocenters. The number of ketones is 1. The van der Waals surface area contributed by atoms with E-state index in [4.69, 9.17) is 11.6 Å². The predicted octanol–water partition coefficient (Wildman–Crippen LogP) is 3.12. The van der Waals surface area contributed by atoms with E-state index in [0.717, 1.165) is 29.8 Å². The second-order valence-electron chi connectivity index (χ2n) is 4.66. The Morgan fingerprint density at radius 3 is 2.78 bits per heavy atom. The molecule has 1 aromatic rings. The fourth-order valence-corrected chi connectivity index (χ4v) is 2.25. The zero-order valence-corrected chi connectivity index (χ0v) is 11.2. The molecule has 0 spiro atoms. The van der Waals surface area contributed by atoms with Gasteiger partial charge in [-0.25, -0.2) is 0 Å². The Hall–Kier alpha value is -1.35. The van der Waals surface area contributed by atoms with E-state index in [9.17, 15) is 4.79 Å². The summed E-state index contributed by atoms with van der Waals surface area (Å²) in [4.78, 5) is 11.4. The highest BCUT2D eigenvalue weighted by molar-refractivity contribution is 6.30. The summed E-state index contributed by atoms with van der Waals surface area (Å²) in [6.45, 7) is 0. The lowest BCUT2D eigenvalue weighted by atomic mass is 9.94. The number of carbonyl (C=O) groups excluding carboxylic acids is 1. The second-order valence-corrected chi connectivity index (χ2v) is 5.10. The zero-order chi connectivity index (χ0) is 13.0. The average molecular weight is 265 g/mol. The van der Waals surface area contributed by atoms with Crippen molar-refractivity contribution in [2.45, 2.75) is 31.7 Å². The fraction of sp³-hybridized carbons (Fsp3) is 0.429. The van der Waals surface area contributed by atoms with Gasteiger partial charge in [0.1, 0.15) is 5.78 Å². The molecular formula is C14H17ClN2O. The van der Waals surface area contributed by atoms with Crippen LogP contribution >= 0.6 is 11.6 Å². The summed E-state index contributed by atoms with van der Waals surface area (Å²) in [5.41, 5.74) is 1.01. The number of carbonyl (C=O) groups is 1. The SMILES string of the molecule is CN(/N=C/c1ccc(Cl)cc1)[C@H]1CCCC(=O)C1. The van der Waals surface area contributed by atoms with Crippen molar-refractivity contribution in [1.82, 2.24) is 5.01 Å². The topological polar surface area (TPSA) is 32.7 Å². The van der Waals surface area contributed by atoms with Crippen molar-refractivity contribution in [3.05, 3.63) is 34.9 Å². The molecule has 1 aliphatic carbocycles. The number of hydrogen-bond acceptors (Lipinski definition) is 3. The van der Waals surface area contributed by atoms with E-state index < -0.39 is 0 Å². The summed E-state index contributed by atoms with van der Waals surface area (Å²) >= 11 is 5.82. The minimum Gasteiger partial charge on any atom is -0.300 e. The Bertz CT molecular complexity index is 442. The van der Waals surface area contributed by atoms with Gasteiger partial charge in [0.25, 0.3) is 0 Å². The van der Waals surface area contributed by atoms with Crippen LogP contribution < -0.4 is 0 Å². The first-order chi connectivity index (χ1) is 8.65. The van der Waals surface area contributed by atoms with Crippen molar-refractivity contribution in [2.24, 2.45) is 5.10 Å². The van der Waals surface area contributed by atoms with Crippen molar-refractivity contribution >= 4 is 23.6 Å². The van der Waals surface area contributed by atoms with Crippen molar-refractivity contribution in [3.63, 3.8) is 0 Å². The number of hydrogen-bond donors (Lipinski definition) is 0. The molecule has 0 aromatic heterocycles. The van der Waals surface area contributed by atoms with Crippen LogP contribution in [0.2, 0.25) is 5.02 Å². The van der Waals surface area contributed by atoms with E-state index in [0.29, 0.717) is 12.2 Å². The molecule has 4 heteroatoms. The van der Waals surface area contributed by atoms with Crippen molar-refractivity contribution in [1.29, 1.82) is 0 Å². The van der Waals surface area contributed by atoms with E-state index in [1.165, 1.54) is 0 Å². The van der Waals surface area contributed by atoms with Gasteiger partial charge in [-0.2, -0.15) is 5.10 Å². The molecule has 1 saturated carbocycles. The second kappa shape index (κ2) is 6.01. The first kappa shape index (κ1) is 13.1. The number of benzene rings is 1. The molecule has 1 aliphatic rings. The zero-order valence-electron chi connectivity index (χ0n) is 10.5. The largest absolute Gasteiger partial charge is 0.300 e. The molecule has 0 N–H and O–H groups in total. The standard InChI is InChI=1S/C14H17ClN2O/c1-17(13-3-2-4-14(18)9-13)16-10-11-5-7-12(15)8-6-11/h5-8,10,13H,2-4,9H2,1H3/b16-10+/t13-/m0/s1. The summed E-state index contributed by atoms with van der Waals surface area (Å²) in [6, 6.07) is 7.77. The predicted molar refractivity (Wildman–Crippen MR) is 74.1 cm³/mol. The number of Topliss-reactive ketones (excluding diaryl/α,β-unsaturated/α-hetero) is 1. The number of halogens is 1. The molecule has 1 aromatic carbocycles. The Morgan fingerprint density at radius 2 is 2.11 bits per heavy atom. The number of nitrogens with zero attached hydrogens (tertiary/aromatic N) is 2. The van der Waals surface area contributed by atoms with Gasteiger partial charge in [0, 0.05) is 24.9 Å². The summed E-state index contributed by atoms with van der Waals surface area (Å²) in [7, 11) is 1.93. The maximum Gasteiger partial charge on any atom is 0.135 e. The molecule has 0 saturated heterocycles. The average Bonchev–Trinajstić information content (AvgIpc) is 2.38. The van der Waals surface area contributed by atoms with Gasteiger partial charge in [-0.3, -0.25) is 9.80 Å². The van der Waals surface area contributed by atoms with E-state index in [1.54, 1.807) is 6.21 Å². The minimum absolute atomic E-state index is 0.245. The van der Waals surface area contributed by atoms with Gasteiger partial charge in [0.15, 0.2) is 0 Å². The van der Waals surface area contributed by atoms with Crippen LogP contribution in [0.25, 0.3) is 0 Å². The van der Waals surface area contributed by atoms with Gasteiger partial charge in [0.05, 0.1) is 12.3 Å². The molecule has 0 radical (unpaired) electrons. The maximum absolute atomic E-state index is 11.4. The van der Waals surface area contributed by atoms with Crippen molar-refractivity contribution < 1.29 is 4.79 Å². The maximum atomic E-state index is 11.4. The van der Waals surface area contributed by atoms with Gasteiger partial charge in [-0.05, 0) is 30.5 Å². The van der Waals surface area contributed by atoms with Crippen LogP contribution in [0.3, 0.4) is 0 Å². The first-order valence-electron chi connectivity index (χ1n) is 6.19. The Kier molecular flexibility index (Phi) is 4.37. The molecule has 0 amide bonds. The van der Waals surface area contributed by atoms with Gasteiger partial charge < -0.3 is 0 Å². The third kappa shape index (κ3) is 3.57. The fourth-order valence-electron chi connectivity index (χ4n) is 2.12. The molecule has 0 aliphatic heterocycles. The minimum atomic E-state index is 0.245. The van der Waals surface area contributed by atoms with Crippen LogP contribution in [-0.4, -0.2) is 30.1 Å². The Balaban J connectivity index is 1.95. The van der Waals surface area contributed by atoms with E-state index in [2.05, 4.69) is 5.10 Å². The number of hydrazone groups is 1. The quantitative estimate of drug-likeness (QED) is 0.621. The van der Waals surface area contributed by atoms with Crippen LogP contribution in [0.4, 0.5) is 0 Å². The summed E-state index contributed by atoms with van der Waals surface area (Å²) in [5.74, 6) is 0.347. The highest BCUT2D eigenvalue weighted by Crippen LogP contribution is 2.19. The van der Waals surface area contributed by atoms with Crippen LogP contribution in [0.15, 0.2) is 29.4 Å². The van der Waals surface area contributed by atoms with Gasteiger partial charge in [-0.1, -0.05) is 23.7 Å². The summed E-state index contributed by atoms with van der Waals surface area (Å²) < 4.78 is 0. The molecule has 0 bridgehead atoms. The van der Waals surface area contributed by atoms with E-state index in [-0.39, 0.29) is 6.04 Å². The molecule has 1 fully saturated rings. The van der Waals surface area contributed by atoms with Gasteiger partial charge in [-0.15, -0.1) is 0 Å². The molecule has 3 nitrogen and oxygen atoms in total. The van der Waals surface area contributed by atoms with Crippen LogP contribution in [-0.2, 0) is 4.79 Å². The smallest absolute Gasteiger partial charge is 0.135 e. The van der Waals surface area contributed by atoms with Crippen LogP contribution in [0, 0.1) is 0 Å². The Morgan fingerprint density at radius 1 is 1.39 bits per heavy atom. The molecular weight excluding hydrogens is 248 g/mol. The normalized spacial score (nSPS) is 20.3. The highest BCUT2D eigenvalue weighted by Gasteiger charge is 2.21. The molecule has 2 rings (SSSR count). The number of rotatable bonds is 3. The summed E-state index contributed by atoms with van der Waals surface area (Å²) in [6.07, 6.45) is 5.17. The van der Waals surface area contributed by atoms with E-state index >= 15 is 0 Å². The molecule has 96 valence electrons. The molecule has 18 heavy (non-hydrogen) atoms. The van der Waals surface area contributed by atoms with Gasteiger partial charge in [0.2, 0.25) is 0 Å². The summed E-state index contributed by atoms with van der Waals surface area (Å²) in [5, 5.41) is 7.01. The van der Waals surface area contributed by atoms with Crippen molar-refractivity contribution in [3.8, 4) is 0 Å². The molecule has 1 atom stereocenters. The van der Waals surface area contributed by atoms with Crippen LogP contribution in [0.5, 0.6) is 0 Å². The third-order valence-corrected chi connectivity index (χ3v) is 3.50. The molecule has 0 heterocycles. The first-order valence-corrected chi connectivity index (χ1v) is 6.57. The lowest BCUT2D eigenvalue weighted by Crippen LogP contribution is -2.32. The highest BCUT2D eigenvalue weighted by atomic mass is 35.5. The lowest BCUT2D eigenvalue weighted by Gasteiger charge is -2.28. The third-order valence-electron chi connectivity index (χ3n) is 3.24.